The molecule has 6 heteroatoms. The fraction of sp³-hybridized carbons (Fsp3) is 0.357. The lowest BCUT2D eigenvalue weighted by molar-refractivity contribution is 0.868. The minimum Gasteiger partial charge on any atom is -0.370 e. The number of nitrogens with zero attached hydrogens (tertiary/aromatic N) is 3. The van der Waals surface area contributed by atoms with E-state index in [4.69, 9.17) is 0 Å². The van der Waals surface area contributed by atoms with Gasteiger partial charge in [0, 0.05) is 24.7 Å². The summed E-state index contributed by atoms with van der Waals surface area (Å²) in [6.07, 6.45) is 2.60. The van der Waals surface area contributed by atoms with Crippen molar-refractivity contribution in [1.29, 1.82) is 0 Å². The summed E-state index contributed by atoms with van der Waals surface area (Å²) >= 11 is 5.08. The van der Waals surface area contributed by atoms with Gasteiger partial charge in [-0.15, -0.1) is 0 Å². The normalized spacial score (nSPS) is 10.6. The number of rotatable bonds is 5. The first-order chi connectivity index (χ1) is 9.65. The van der Waals surface area contributed by atoms with Crippen LogP contribution in [-0.2, 0) is 6.42 Å². The van der Waals surface area contributed by atoms with Crippen LogP contribution in [0.25, 0.3) is 0 Å². The molecule has 4 nitrogen and oxygen atoms in total. The van der Waals surface area contributed by atoms with Gasteiger partial charge in [-0.25, -0.2) is 15.0 Å². The van der Waals surface area contributed by atoms with Gasteiger partial charge in [0.25, 0.3) is 0 Å². The molecule has 20 heavy (non-hydrogen) atoms. The van der Waals surface area contributed by atoms with Crippen LogP contribution in [0.5, 0.6) is 0 Å². The van der Waals surface area contributed by atoms with Crippen LogP contribution >= 0.6 is 27.7 Å². The van der Waals surface area contributed by atoms with E-state index in [2.05, 4.69) is 50.0 Å². The summed E-state index contributed by atoms with van der Waals surface area (Å²) in [7, 11) is 0. The number of anilines is 1. The molecule has 2 aromatic rings. The van der Waals surface area contributed by atoms with E-state index >= 15 is 0 Å². The third kappa shape index (κ3) is 3.49. The Morgan fingerprint density at radius 2 is 2.05 bits per heavy atom. The van der Waals surface area contributed by atoms with Crippen molar-refractivity contribution in [1.82, 2.24) is 15.0 Å². The Labute approximate surface area is 132 Å². The van der Waals surface area contributed by atoms with Crippen molar-refractivity contribution >= 4 is 33.5 Å². The van der Waals surface area contributed by atoms with Crippen LogP contribution in [0.3, 0.4) is 0 Å². The van der Waals surface area contributed by atoms with Gasteiger partial charge in [-0.05, 0) is 53.7 Å². The highest BCUT2D eigenvalue weighted by Crippen LogP contribution is 2.34. The van der Waals surface area contributed by atoms with E-state index in [1.807, 2.05) is 19.1 Å². The number of hydrogen-bond acceptors (Lipinski definition) is 5. The molecule has 0 saturated carbocycles. The lowest BCUT2D eigenvalue weighted by Crippen LogP contribution is -2.07. The van der Waals surface area contributed by atoms with Gasteiger partial charge in [0.1, 0.15) is 21.7 Å². The quantitative estimate of drug-likeness (QED) is 0.821. The van der Waals surface area contributed by atoms with E-state index in [1.165, 1.54) is 0 Å². The summed E-state index contributed by atoms with van der Waals surface area (Å²) in [5.74, 6) is 1.76. The van der Waals surface area contributed by atoms with Crippen LogP contribution in [-0.4, -0.2) is 21.5 Å². The number of nitrogens with one attached hydrogen (secondary N) is 1. The molecule has 2 heterocycles. The molecule has 0 aromatic carbocycles. The van der Waals surface area contributed by atoms with Crippen LogP contribution in [0.2, 0.25) is 0 Å². The van der Waals surface area contributed by atoms with E-state index in [0.29, 0.717) is 0 Å². The molecule has 0 spiro atoms. The Morgan fingerprint density at radius 3 is 2.70 bits per heavy atom. The topological polar surface area (TPSA) is 50.7 Å². The minimum atomic E-state index is 0.815. The second kappa shape index (κ2) is 7.04. The molecular weight excluding hydrogens is 336 g/mol. The van der Waals surface area contributed by atoms with Crippen molar-refractivity contribution in [3.05, 3.63) is 34.2 Å². The second-order valence-electron chi connectivity index (χ2n) is 4.19. The van der Waals surface area contributed by atoms with Gasteiger partial charge in [0.2, 0.25) is 0 Å². The predicted molar refractivity (Wildman–Crippen MR) is 86.4 cm³/mol. The number of halogens is 1. The molecule has 0 radical (unpaired) electrons. The standard InChI is InChI=1S/C14H17BrN4S/c1-4-11-18-12(16-5-2)9(3)13(19-11)20-14-10(15)7-6-8-17-14/h6-8H,4-5H2,1-3H3,(H,16,18,19). The third-order valence-electron chi connectivity index (χ3n) is 2.73. The fourth-order valence-electron chi connectivity index (χ4n) is 1.68. The largest absolute Gasteiger partial charge is 0.370 e. The summed E-state index contributed by atoms with van der Waals surface area (Å²) in [6, 6.07) is 3.89. The molecule has 0 atom stereocenters. The van der Waals surface area contributed by atoms with Crippen LogP contribution in [0, 0.1) is 6.92 Å². The summed E-state index contributed by atoms with van der Waals surface area (Å²) in [6.45, 7) is 7.01. The zero-order chi connectivity index (χ0) is 14.5. The first kappa shape index (κ1) is 15.3. The van der Waals surface area contributed by atoms with Crippen molar-refractivity contribution in [2.75, 3.05) is 11.9 Å². The van der Waals surface area contributed by atoms with Crippen molar-refractivity contribution in [3.63, 3.8) is 0 Å². The lowest BCUT2D eigenvalue weighted by atomic mass is 10.3. The molecule has 0 aliphatic heterocycles. The fourth-order valence-corrected chi connectivity index (χ4v) is 3.04. The monoisotopic (exact) mass is 352 g/mol. The average Bonchev–Trinajstić information content (AvgIpc) is 2.45. The highest BCUT2D eigenvalue weighted by Gasteiger charge is 2.13. The summed E-state index contributed by atoms with van der Waals surface area (Å²) in [5.41, 5.74) is 1.06. The van der Waals surface area contributed by atoms with Crippen LogP contribution < -0.4 is 5.32 Å². The smallest absolute Gasteiger partial charge is 0.133 e. The number of aryl methyl sites for hydroxylation is 1. The molecule has 0 unspecified atom stereocenters. The zero-order valence-electron chi connectivity index (χ0n) is 11.8. The van der Waals surface area contributed by atoms with Gasteiger partial charge < -0.3 is 5.32 Å². The highest BCUT2D eigenvalue weighted by atomic mass is 79.9. The van der Waals surface area contributed by atoms with Crippen molar-refractivity contribution in [2.24, 2.45) is 0 Å². The molecule has 0 saturated heterocycles. The Bertz CT molecular complexity index is 604. The third-order valence-corrected chi connectivity index (χ3v) is 4.74. The van der Waals surface area contributed by atoms with E-state index in [0.717, 1.165) is 44.7 Å². The van der Waals surface area contributed by atoms with Crippen LogP contribution in [0.4, 0.5) is 5.82 Å². The molecule has 0 aliphatic carbocycles. The van der Waals surface area contributed by atoms with Crippen LogP contribution in [0.1, 0.15) is 25.2 Å². The van der Waals surface area contributed by atoms with E-state index < -0.39 is 0 Å². The molecule has 0 amide bonds. The minimum absolute atomic E-state index is 0.815. The Morgan fingerprint density at radius 1 is 1.25 bits per heavy atom. The van der Waals surface area contributed by atoms with Gasteiger partial charge in [-0.3, -0.25) is 0 Å². The molecule has 1 N–H and O–H groups in total. The van der Waals surface area contributed by atoms with E-state index in [-0.39, 0.29) is 0 Å². The SMILES string of the molecule is CCNc1nc(CC)nc(Sc2ncccc2Br)c1C. The van der Waals surface area contributed by atoms with E-state index in [1.54, 1.807) is 18.0 Å². The maximum Gasteiger partial charge on any atom is 0.133 e. The van der Waals surface area contributed by atoms with Gasteiger partial charge in [-0.1, -0.05) is 6.92 Å². The molecule has 0 bridgehead atoms. The number of pyridine rings is 1. The molecule has 0 aliphatic rings. The van der Waals surface area contributed by atoms with Crippen molar-refractivity contribution < 1.29 is 0 Å². The Hall–Kier alpha value is -1.14. The van der Waals surface area contributed by atoms with Gasteiger partial charge in [0.05, 0.1) is 4.47 Å². The maximum absolute atomic E-state index is 4.62. The average molecular weight is 353 g/mol. The first-order valence-corrected chi connectivity index (χ1v) is 8.16. The second-order valence-corrected chi connectivity index (χ2v) is 6.03. The molecule has 0 fully saturated rings. The Kier molecular flexibility index (Phi) is 5.37. The molecule has 106 valence electrons. The number of hydrogen-bond donors (Lipinski definition) is 1. The van der Waals surface area contributed by atoms with Crippen LogP contribution in [0.15, 0.2) is 32.9 Å². The molecule has 2 rings (SSSR count). The summed E-state index contributed by atoms with van der Waals surface area (Å²) in [5, 5.41) is 5.16. The maximum atomic E-state index is 4.62. The molecule has 2 aromatic heterocycles. The summed E-state index contributed by atoms with van der Waals surface area (Å²) in [4.78, 5) is 13.5. The van der Waals surface area contributed by atoms with Gasteiger partial charge in [0.15, 0.2) is 0 Å². The number of aromatic nitrogens is 3. The Balaban J connectivity index is 2.40. The zero-order valence-corrected chi connectivity index (χ0v) is 14.2. The van der Waals surface area contributed by atoms with Crippen molar-refractivity contribution in [2.45, 2.75) is 37.2 Å². The van der Waals surface area contributed by atoms with Gasteiger partial charge >= 0.3 is 0 Å². The van der Waals surface area contributed by atoms with Crippen molar-refractivity contribution in [3.8, 4) is 0 Å². The molecular formula is C14H17BrN4S. The van der Waals surface area contributed by atoms with E-state index in [9.17, 15) is 0 Å². The first-order valence-electron chi connectivity index (χ1n) is 6.55. The van der Waals surface area contributed by atoms with Gasteiger partial charge in [-0.2, -0.15) is 0 Å². The highest BCUT2D eigenvalue weighted by molar-refractivity contribution is 9.10. The predicted octanol–water partition coefficient (Wildman–Crippen LogP) is 4.09. The lowest BCUT2D eigenvalue weighted by Gasteiger charge is -2.12. The summed E-state index contributed by atoms with van der Waals surface area (Å²) < 4.78 is 0.978.